The first-order valence-corrected chi connectivity index (χ1v) is 4.66. The summed E-state index contributed by atoms with van der Waals surface area (Å²) < 4.78 is 0. The van der Waals surface area contributed by atoms with Gasteiger partial charge < -0.3 is 4.98 Å². The normalized spacial score (nSPS) is 10.1. The Morgan fingerprint density at radius 1 is 1.50 bits per heavy atom. The molecule has 2 aromatic rings. The van der Waals surface area contributed by atoms with Crippen molar-refractivity contribution in [1.29, 1.82) is 0 Å². The van der Waals surface area contributed by atoms with E-state index in [1.807, 2.05) is 19.9 Å². The van der Waals surface area contributed by atoms with Crippen molar-refractivity contribution in [2.24, 2.45) is 4.99 Å². The van der Waals surface area contributed by atoms with Crippen molar-refractivity contribution in [3.63, 3.8) is 0 Å². The Balaban J connectivity index is 2.88. The summed E-state index contributed by atoms with van der Waals surface area (Å²) in [6, 6.07) is 2.01. The molecule has 0 amide bonds. The van der Waals surface area contributed by atoms with Gasteiger partial charge in [0.2, 0.25) is 0 Å². The van der Waals surface area contributed by atoms with Crippen LogP contribution in [-0.4, -0.2) is 15.1 Å². The number of aromatic amines is 1. The van der Waals surface area contributed by atoms with Gasteiger partial charge in [-0.15, -0.1) is 0 Å². The Labute approximate surface area is 86.9 Å². The van der Waals surface area contributed by atoms with Crippen molar-refractivity contribution in [1.82, 2.24) is 9.97 Å². The molecule has 14 heavy (non-hydrogen) atoms. The minimum atomic E-state index is 0.875. The van der Waals surface area contributed by atoms with E-state index in [1.165, 1.54) is 0 Å². The summed E-state index contributed by atoms with van der Waals surface area (Å²) in [5, 5.41) is 2.39. The Hall–Kier alpha value is -1.51. The molecule has 70 valence electrons. The number of rotatable bonds is 1. The van der Waals surface area contributed by atoms with Gasteiger partial charge in [-0.25, -0.2) is 4.98 Å². The molecular formula is C10H9N3S. The molecule has 0 atom stereocenters. The number of benzene rings is 1. The van der Waals surface area contributed by atoms with Crippen molar-refractivity contribution in [3.05, 3.63) is 23.5 Å². The molecular weight excluding hydrogens is 194 g/mol. The van der Waals surface area contributed by atoms with Gasteiger partial charge >= 0.3 is 0 Å². The minimum absolute atomic E-state index is 0.875. The Kier molecular flexibility index (Phi) is 2.15. The molecule has 0 saturated carbocycles. The monoisotopic (exact) mass is 203 g/mol. The maximum absolute atomic E-state index is 4.61. The summed E-state index contributed by atoms with van der Waals surface area (Å²) >= 11 is 4.61. The van der Waals surface area contributed by atoms with Crippen LogP contribution in [0.2, 0.25) is 0 Å². The van der Waals surface area contributed by atoms with E-state index in [2.05, 4.69) is 32.3 Å². The lowest BCUT2D eigenvalue weighted by Gasteiger charge is -2.03. The van der Waals surface area contributed by atoms with Crippen LogP contribution in [0.5, 0.6) is 0 Å². The van der Waals surface area contributed by atoms with E-state index in [0.29, 0.717) is 0 Å². The van der Waals surface area contributed by atoms with Gasteiger partial charge in [-0.1, -0.05) is 0 Å². The molecule has 1 aromatic heterocycles. The second-order valence-electron chi connectivity index (χ2n) is 3.17. The third kappa shape index (κ3) is 1.25. The first-order chi connectivity index (χ1) is 6.74. The van der Waals surface area contributed by atoms with Crippen molar-refractivity contribution in [2.45, 2.75) is 13.8 Å². The standard InChI is InChI=1S/C10H9N3S/c1-6-3-8-10(12-4-11-8)7(2)9(6)13-5-14/h3-4H,1-2H3,(H,11,12). The van der Waals surface area contributed by atoms with Gasteiger partial charge in [0, 0.05) is 5.56 Å². The average molecular weight is 203 g/mol. The highest BCUT2D eigenvalue weighted by atomic mass is 32.1. The molecule has 0 fully saturated rings. The second-order valence-corrected chi connectivity index (χ2v) is 3.35. The van der Waals surface area contributed by atoms with Crippen LogP contribution < -0.4 is 0 Å². The number of thiocarbonyl (C=S) groups is 1. The van der Waals surface area contributed by atoms with Gasteiger partial charge in [0.15, 0.2) is 0 Å². The van der Waals surface area contributed by atoms with Crippen LogP contribution >= 0.6 is 12.2 Å². The SMILES string of the molecule is Cc1cc2[nH]cnc2c(C)c1N=C=S. The van der Waals surface area contributed by atoms with Crippen LogP contribution in [0.4, 0.5) is 5.69 Å². The third-order valence-corrected chi connectivity index (χ3v) is 2.36. The summed E-state index contributed by atoms with van der Waals surface area (Å²) in [7, 11) is 0. The molecule has 1 heterocycles. The van der Waals surface area contributed by atoms with E-state index >= 15 is 0 Å². The predicted molar refractivity (Wildman–Crippen MR) is 60.3 cm³/mol. The number of H-pyrrole nitrogens is 1. The van der Waals surface area contributed by atoms with E-state index in [1.54, 1.807) is 6.33 Å². The molecule has 0 bridgehead atoms. The fraction of sp³-hybridized carbons (Fsp3) is 0.200. The Morgan fingerprint density at radius 3 is 3.00 bits per heavy atom. The van der Waals surface area contributed by atoms with Gasteiger partial charge in [-0.3, -0.25) is 0 Å². The zero-order valence-electron chi connectivity index (χ0n) is 7.96. The fourth-order valence-corrected chi connectivity index (χ4v) is 1.71. The van der Waals surface area contributed by atoms with Crippen LogP contribution in [-0.2, 0) is 0 Å². The highest BCUT2D eigenvalue weighted by Crippen LogP contribution is 2.28. The summed E-state index contributed by atoms with van der Waals surface area (Å²) in [4.78, 5) is 11.3. The van der Waals surface area contributed by atoms with Crippen LogP contribution in [0, 0.1) is 13.8 Å². The average Bonchev–Trinajstić information content (AvgIpc) is 2.60. The fourth-order valence-electron chi connectivity index (χ4n) is 1.62. The minimum Gasteiger partial charge on any atom is -0.345 e. The van der Waals surface area contributed by atoms with E-state index in [0.717, 1.165) is 27.8 Å². The number of hydrogen-bond donors (Lipinski definition) is 1. The van der Waals surface area contributed by atoms with Gasteiger partial charge in [0.05, 0.1) is 28.2 Å². The number of imidazole rings is 1. The summed E-state index contributed by atoms with van der Waals surface area (Å²) in [6.45, 7) is 3.99. The van der Waals surface area contributed by atoms with E-state index in [4.69, 9.17) is 0 Å². The molecule has 1 aromatic carbocycles. The molecule has 0 radical (unpaired) electrons. The summed E-state index contributed by atoms with van der Waals surface area (Å²) in [5.41, 5.74) is 4.97. The largest absolute Gasteiger partial charge is 0.345 e. The molecule has 0 spiro atoms. The second kappa shape index (κ2) is 3.33. The quantitative estimate of drug-likeness (QED) is 0.572. The number of aryl methyl sites for hydroxylation is 2. The van der Waals surface area contributed by atoms with Crippen molar-refractivity contribution in [3.8, 4) is 0 Å². The summed E-state index contributed by atoms with van der Waals surface area (Å²) in [6.07, 6.45) is 1.68. The van der Waals surface area contributed by atoms with Gasteiger partial charge in [-0.05, 0) is 37.7 Å². The number of isothiocyanates is 1. The van der Waals surface area contributed by atoms with Gasteiger partial charge in [-0.2, -0.15) is 4.99 Å². The zero-order valence-corrected chi connectivity index (χ0v) is 8.77. The van der Waals surface area contributed by atoms with E-state index in [9.17, 15) is 0 Å². The topological polar surface area (TPSA) is 41.0 Å². The van der Waals surface area contributed by atoms with Gasteiger partial charge in [0.1, 0.15) is 0 Å². The number of nitrogens with zero attached hydrogens (tertiary/aromatic N) is 2. The van der Waals surface area contributed by atoms with Crippen molar-refractivity contribution >= 4 is 34.1 Å². The van der Waals surface area contributed by atoms with Crippen molar-refractivity contribution < 1.29 is 0 Å². The molecule has 3 nitrogen and oxygen atoms in total. The number of aliphatic imine (C=N–C) groups is 1. The molecule has 0 aliphatic heterocycles. The number of nitrogens with one attached hydrogen (secondary N) is 1. The van der Waals surface area contributed by atoms with Crippen LogP contribution in [0.25, 0.3) is 11.0 Å². The number of fused-ring (bicyclic) bond motifs is 1. The maximum atomic E-state index is 4.61. The number of aromatic nitrogens is 2. The van der Waals surface area contributed by atoms with E-state index in [-0.39, 0.29) is 0 Å². The molecule has 1 N–H and O–H groups in total. The molecule has 0 aliphatic carbocycles. The lowest BCUT2D eigenvalue weighted by Crippen LogP contribution is -1.83. The maximum Gasteiger partial charge on any atom is 0.0933 e. The highest BCUT2D eigenvalue weighted by molar-refractivity contribution is 7.78. The zero-order chi connectivity index (χ0) is 10.1. The molecule has 4 heteroatoms. The lowest BCUT2D eigenvalue weighted by atomic mass is 10.1. The summed E-state index contributed by atoms with van der Waals surface area (Å²) in [5.74, 6) is 0. The van der Waals surface area contributed by atoms with Crippen LogP contribution in [0.3, 0.4) is 0 Å². The number of hydrogen-bond acceptors (Lipinski definition) is 3. The molecule has 0 aliphatic rings. The molecule has 2 rings (SSSR count). The van der Waals surface area contributed by atoms with Crippen molar-refractivity contribution in [2.75, 3.05) is 0 Å². The first-order valence-electron chi connectivity index (χ1n) is 4.25. The smallest absolute Gasteiger partial charge is 0.0933 e. The van der Waals surface area contributed by atoms with Gasteiger partial charge in [0.25, 0.3) is 0 Å². The first kappa shape index (κ1) is 9.06. The lowest BCUT2D eigenvalue weighted by molar-refractivity contribution is 1.33. The Bertz CT molecular complexity index is 536. The highest BCUT2D eigenvalue weighted by Gasteiger charge is 2.07. The predicted octanol–water partition coefficient (Wildman–Crippen LogP) is 2.91. The molecule has 0 saturated heterocycles. The van der Waals surface area contributed by atoms with E-state index < -0.39 is 0 Å². The molecule has 0 unspecified atom stereocenters. The Morgan fingerprint density at radius 2 is 2.29 bits per heavy atom. The third-order valence-electron chi connectivity index (χ3n) is 2.27. The van der Waals surface area contributed by atoms with Crippen LogP contribution in [0.15, 0.2) is 17.4 Å². The van der Waals surface area contributed by atoms with Crippen LogP contribution in [0.1, 0.15) is 11.1 Å².